The van der Waals surface area contributed by atoms with Crippen LogP contribution >= 0.6 is 0 Å². The van der Waals surface area contributed by atoms with Gasteiger partial charge < -0.3 is 19.9 Å². The van der Waals surface area contributed by atoms with Gasteiger partial charge in [0, 0.05) is 23.5 Å². The highest BCUT2D eigenvalue weighted by molar-refractivity contribution is 5.88. The summed E-state index contributed by atoms with van der Waals surface area (Å²) in [7, 11) is 1.66. The fourth-order valence-electron chi connectivity index (χ4n) is 2.49. The van der Waals surface area contributed by atoms with Crippen LogP contribution < -0.4 is 0 Å². The Kier molecular flexibility index (Phi) is 1.81. The Morgan fingerprint density at radius 3 is 3.06 bits per heavy atom. The number of phenolic OH excluding ortho intramolecular Hbond substituents is 1. The molecule has 16 heavy (non-hydrogen) atoms. The van der Waals surface area contributed by atoms with E-state index >= 15 is 0 Å². The number of nitrogens with one attached hydrogen (secondary N) is 1. The van der Waals surface area contributed by atoms with Crippen LogP contribution in [0, 0.1) is 5.21 Å². The third kappa shape index (κ3) is 1.31. The van der Waals surface area contributed by atoms with Crippen molar-refractivity contribution in [1.82, 2.24) is 4.98 Å². The standard InChI is InChI=1S/C12H14N2O2/c1-14(16)5-4-8-6-13-10-2-3-11(15)9(7-14)12(8)10/h2-3,6,13,15H,4-5,7H2,1H3. The van der Waals surface area contributed by atoms with Crippen molar-refractivity contribution in [2.75, 3.05) is 13.6 Å². The molecule has 3 rings (SSSR count). The van der Waals surface area contributed by atoms with E-state index in [1.54, 1.807) is 13.1 Å². The number of likely N-dealkylation sites (N-methyl/N-ethyl adjacent to an activating group) is 1. The summed E-state index contributed by atoms with van der Waals surface area (Å²) in [5.74, 6) is 0.232. The number of hydroxylamine groups is 3. The number of benzene rings is 1. The van der Waals surface area contributed by atoms with Crippen molar-refractivity contribution in [2.24, 2.45) is 0 Å². The summed E-state index contributed by atoms with van der Waals surface area (Å²) in [6, 6.07) is 3.52. The molecule has 0 amide bonds. The van der Waals surface area contributed by atoms with Gasteiger partial charge in [0.15, 0.2) is 0 Å². The summed E-state index contributed by atoms with van der Waals surface area (Å²) in [6.07, 6.45) is 2.70. The summed E-state index contributed by atoms with van der Waals surface area (Å²) < 4.78 is -0.318. The first-order chi connectivity index (χ1) is 7.57. The van der Waals surface area contributed by atoms with E-state index in [0.717, 1.165) is 28.5 Å². The van der Waals surface area contributed by atoms with E-state index in [0.29, 0.717) is 13.1 Å². The zero-order valence-corrected chi connectivity index (χ0v) is 9.16. The third-order valence-corrected chi connectivity index (χ3v) is 3.36. The molecule has 4 nitrogen and oxygen atoms in total. The van der Waals surface area contributed by atoms with Gasteiger partial charge in [0.1, 0.15) is 12.3 Å². The smallest absolute Gasteiger partial charge is 0.125 e. The first-order valence-electron chi connectivity index (χ1n) is 5.43. The normalized spacial score (nSPS) is 24.6. The summed E-state index contributed by atoms with van der Waals surface area (Å²) >= 11 is 0. The van der Waals surface area contributed by atoms with Crippen LogP contribution in [0.3, 0.4) is 0 Å². The summed E-state index contributed by atoms with van der Waals surface area (Å²) in [5, 5.41) is 23.0. The quantitative estimate of drug-likeness (QED) is 0.524. The van der Waals surface area contributed by atoms with E-state index in [9.17, 15) is 10.3 Å². The van der Waals surface area contributed by atoms with Gasteiger partial charge in [-0.3, -0.25) is 0 Å². The average molecular weight is 218 g/mol. The molecule has 2 heterocycles. The summed E-state index contributed by atoms with van der Waals surface area (Å²) in [5.41, 5.74) is 2.92. The topological polar surface area (TPSA) is 59.1 Å². The minimum absolute atomic E-state index is 0.232. The number of H-pyrrole nitrogens is 1. The highest BCUT2D eigenvalue weighted by Crippen LogP contribution is 2.34. The lowest BCUT2D eigenvalue weighted by Crippen LogP contribution is -2.37. The molecule has 0 aliphatic carbocycles. The molecule has 1 aromatic heterocycles. The molecule has 1 aliphatic rings. The molecule has 1 aromatic carbocycles. The summed E-state index contributed by atoms with van der Waals surface area (Å²) in [6.45, 7) is 0.898. The number of nitrogens with zero attached hydrogens (tertiary/aromatic N) is 1. The molecule has 1 atom stereocenters. The number of hydrogen-bond donors (Lipinski definition) is 2. The Hall–Kier alpha value is -1.52. The molecule has 2 N–H and O–H groups in total. The largest absolute Gasteiger partial charge is 0.633 e. The van der Waals surface area contributed by atoms with Gasteiger partial charge in [-0.05, 0) is 17.7 Å². The lowest BCUT2D eigenvalue weighted by atomic mass is 10.1. The fraction of sp³-hybridized carbons (Fsp3) is 0.333. The van der Waals surface area contributed by atoms with Gasteiger partial charge in [0.25, 0.3) is 0 Å². The Morgan fingerprint density at radius 1 is 1.44 bits per heavy atom. The maximum Gasteiger partial charge on any atom is 0.125 e. The minimum atomic E-state index is -0.318. The molecule has 1 unspecified atom stereocenters. The van der Waals surface area contributed by atoms with Crippen molar-refractivity contribution < 1.29 is 9.75 Å². The lowest BCUT2D eigenvalue weighted by Gasteiger charge is -2.37. The second kappa shape index (κ2) is 2.99. The number of hydrogen-bond acceptors (Lipinski definition) is 2. The van der Waals surface area contributed by atoms with Crippen LogP contribution in [0.25, 0.3) is 10.9 Å². The number of rotatable bonds is 0. The van der Waals surface area contributed by atoms with Crippen LogP contribution in [-0.2, 0) is 13.0 Å². The predicted molar refractivity (Wildman–Crippen MR) is 61.8 cm³/mol. The highest BCUT2D eigenvalue weighted by atomic mass is 16.5. The molecule has 0 fully saturated rings. The van der Waals surface area contributed by atoms with Gasteiger partial charge in [0.05, 0.1) is 19.2 Å². The second-order valence-electron chi connectivity index (χ2n) is 4.73. The number of quaternary nitrogens is 1. The van der Waals surface area contributed by atoms with Gasteiger partial charge in [-0.15, -0.1) is 0 Å². The van der Waals surface area contributed by atoms with Crippen LogP contribution in [-0.4, -0.2) is 28.3 Å². The van der Waals surface area contributed by atoms with Crippen LogP contribution in [0.2, 0.25) is 0 Å². The van der Waals surface area contributed by atoms with E-state index in [1.807, 2.05) is 12.3 Å². The Balaban J connectivity index is 2.33. The van der Waals surface area contributed by atoms with E-state index in [1.165, 1.54) is 0 Å². The minimum Gasteiger partial charge on any atom is -0.633 e. The zero-order chi connectivity index (χ0) is 11.3. The molecule has 0 spiro atoms. The monoisotopic (exact) mass is 218 g/mol. The Morgan fingerprint density at radius 2 is 2.25 bits per heavy atom. The van der Waals surface area contributed by atoms with Crippen molar-refractivity contribution in [1.29, 1.82) is 0 Å². The van der Waals surface area contributed by atoms with Gasteiger partial charge in [-0.2, -0.15) is 0 Å². The predicted octanol–water partition coefficient (Wildman–Crippen LogP) is 1.87. The Labute approximate surface area is 93.3 Å². The lowest BCUT2D eigenvalue weighted by molar-refractivity contribution is -0.873. The van der Waals surface area contributed by atoms with Crippen LogP contribution in [0.5, 0.6) is 5.75 Å². The SMILES string of the molecule is C[N+]1([O-])CCc2c[nH]c3ccc(O)c(c23)C1. The molecule has 0 bridgehead atoms. The molecule has 0 radical (unpaired) electrons. The number of aromatic amines is 1. The van der Waals surface area contributed by atoms with E-state index in [2.05, 4.69) is 4.98 Å². The molecule has 84 valence electrons. The zero-order valence-electron chi connectivity index (χ0n) is 9.16. The maximum absolute atomic E-state index is 12.1. The van der Waals surface area contributed by atoms with Crippen molar-refractivity contribution in [3.63, 3.8) is 0 Å². The number of aromatic nitrogens is 1. The van der Waals surface area contributed by atoms with Crippen molar-refractivity contribution in [2.45, 2.75) is 13.0 Å². The van der Waals surface area contributed by atoms with Crippen molar-refractivity contribution in [3.8, 4) is 5.75 Å². The molecule has 2 aromatic rings. The average Bonchev–Trinajstić information content (AvgIpc) is 2.57. The van der Waals surface area contributed by atoms with Gasteiger partial charge in [-0.25, -0.2) is 0 Å². The van der Waals surface area contributed by atoms with Gasteiger partial charge in [-0.1, -0.05) is 0 Å². The molecule has 1 aliphatic heterocycles. The number of phenols is 1. The van der Waals surface area contributed by atoms with Crippen LogP contribution in [0.1, 0.15) is 11.1 Å². The molecule has 0 saturated carbocycles. The highest BCUT2D eigenvalue weighted by Gasteiger charge is 2.23. The molecule has 0 saturated heterocycles. The van der Waals surface area contributed by atoms with E-state index in [-0.39, 0.29) is 10.4 Å². The van der Waals surface area contributed by atoms with E-state index in [4.69, 9.17) is 0 Å². The van der Waals surface area contributed by atoms with Gasteiger partial charge in [0.2, 0.25) is 0 Å². The third-order valence-electron chi connectivity index (χ3n) is 3.36. The van der Waals surface area contributed by atoms with Crippen molar-refractivity contribution >= 4 is 10.9 Å². The molecule has 4 heteroatoms. The van der Waals surface area contributed by atoms with E-state index < -0.39 is 0 Å². The molecular weight excluding hydrogens is 204 g/mol. The van der Waals surface area contributed by atoms with Gasteiger partial charge >= 0.3 is 0 Å². The van der Waals surface area contributed by atoms with Crippen LogP contribution in [0.15, 0.2) is 18.3 Å². The molecular formula is C12H14N2O2. The first kappa shape index (κ1) is 9.69. The first-order valence-corrected chi connectivity index (χ1v) is 5.43. The number of aromatic hydroxyl groups is 1. The summed E-state index contributed by atoms with van der Waals surface area (Å²) in [4.78, 5) is 3.18. The maximum atomic E-state index is 12.1. The van der Waals surface area contributed by atoms with Crippen LogP contribution in [0.4, 0.5) is 0 Å². The fourth-order valence-corrected chi connectivity index (χ4v) is 2.49. The Bertz CT molecular complexity index is 557. The van der Waals surface area contributed by atoms with Crippen molar-refractivity contribution in [3.05, 3.63) is 34.7 Å². The second-order valence-corrected chi connectivity index (χ2v) is 4.73.